The minimum atomic E-state index is -1.66. The highest BCUT2D eigenvalue weighted by atomic mass is 32.1. The normalized spacial score (nSPS) is 31.0. The number of imidazole rings is 3. The van der Waals surface area contributed by atoms with Gasteiger partial charge in [-0.25, -0.2) is 29.3 Å². The Labute approximate surface area is 682 Å². The van der Waals surface area contributed by atoms with Crippen LogP contribution in [0.5, 0.6) is 0 Å². The van der Waals surface area contributed by atoms with Crippen molar-refractivity contribution in [1.29, 1.82) is 0 Å². The van der Waals surface area contributed by atoms with Gasteiger partial charge in [0.1, 0.15) is 83.1 Å². The van der Waals surface area contributed by atoms with E-state index in [1.165, 1.54) is 75.9 Å². The minimum absolute atomic E-state index is 0.0506. The Hall–Kier alpha value is -11.6. The van der Waals surface area contributed by atoms with E-state index in [2.05, 4.69) is 124 Å². The van der Waals surface area contributed by atoms with Crippen molar-refractivity contribution >= 4 is 97.5 Å². The van der Waals surface area contributed by atoms with Crippen LogP contribution in [0.3, 0.4) is 0 Å². The fourth-order valence-corrected chi connectivity index (χ4v) is 15.0. The largest absolute Gasteiger partial charge is 0.391 e. The van der Waals surface area contributed by atoms with Crippen LogP contribution < -0.4 is 74.0 Å². The van der Waals surface area contributed by atoms with Crippen molar-refractivity contribution in [1.82, 2.24) is 87.6 Å². The van der Waals surface area contributed by atoms with Gasteiger partial charge in [-0.05, 0) is 75.3 Å². The molecule has 5 aliphatic rings. The third-order valence-electron chi connectivity index (χ3n) is 20.3. The molecule has 5 aliphatic heterocycles. The number of nitrogens with two attached hydrogens (primary N) is 10. The first-order valence-corrected chi connectivity index (χ1v) is 36.9. The first-order chi connectivity index (χ1) is 56.5. The van der Waals surface area contributed by atoms with Gasteiger partial charge in [-0.2, -0.15) is 19.9 Å². The van der Waals surface area contributed by atoms with Crippen molar-refractivity contribution in [2.75, 3.05) is 28.7 Å². The fraction of sp³-hybridized carbons (Fsp3) is 0.486. The number of aromatic nitrogens is 18. The zero-order valence-electron chi connectivity index (χ0n) is 65.6. The number of rotatable bonds is 10. The van der Waals surface area contributed by atoms with Crippen molar-refractivity contribution in [3.8, 4) is 59.2 Å². The number of aromatic amines is 4. The average molecular weight is 1690 g/mol. The van der Waals surface area contributed by atoms with Crippen LogP contribution in [0.4, 0.5) is 34.1 Å². The standard InChI is InChI=1S/C15H18FN5O4.C15H19N5O4.C14H18N6O4.C14H18N6O3S.C14H18N6O3/c1-3-4-15(18)10(23)9(6(2)22)25-13(15)21-5-7(16)8-11(21)19-14(17)20-12(8)24;1-3-5-15(17)10(22)9(7(2)21)24-13(15)20-6-4-8-11(20)18-14(16)19-12(8)23;1-3-4-14(16)9(22)8(6(2)21)24-12(14)20-5-17-7-10(20)18-13(15)19-11(7)23;1-3-4-14(16)9(22)8(6(2)21)23-12(14)20-5-17-7-10(20)18-13(15)19-11(7)24;1-3-4-14(16)10(22)9(7(2)21)23-12(14)20-6-18-8-5-17-13(15)19-11(8)20/h5-6,9-10,13,22-23H,18H2,1-2H3,(H3,17,19,20,24);4,6-7,9-10,13,21-22H,17H2,1-2H3,(H3,16,18,19,23);5-6,8-9,12,21-22H,16H2,1-2H3,(H3,15,18,19,23);5-6,8-9,12,21-22H,16H2,1-2H3,(H3,15,18,19,24);5-7,9-10,12,21-22H,16H2,1-2H3,(H2,15,17,19)/t6-,9-,10+,13-,15?;7-,9-,10+,13-,15?;2*6-,8-,9+,12-,14?;7-,9-,10+,12-,14?/m11111/s1. The highest BCUT2D eigenvalue weighted by Crippen LogP contribution is 2.45. The van der Waals surface area contributed by atoms with Gasteiger partial charge in [0.15, 0.2) is 103 Å². The van der Waals surface area contributed by atoms with Crippen LogP contribution in [0.25, 0.3) is 55.6 Å². The van der Waals surface area contributed by atoms with Crippen LogP contribution in [-0.2, 0) is 23.7 Å². The number of anilines is 5. The number of H-pyrrole nitrogens is 4. The Bertz CT molecular complexity index is 5770. The smallest absolute Gasteiger partial charge is 0.280 e. The molecular weight excluding hydrogens is 1600 g/mol. The maximum atomic E-state index is 14.3. The van der Waals surface area contributed by atoms with Crippen molar-refractivity contribution in [2.45, 2.75) is 220 Å². The van der Waals surface area contributed by atoms with Gasteiger partial charge >= 0.3 is 0 Å². The Morgan fingerprint density at radius 3 is 1.23 bits per heavy atom. The van der Waals surface area contributed by atoms with Gasteiger partial charge in [-0.1, -0.05) is 41.8 Å². The van der Waals surface area contributed by atoms with Gasteiger partial charge in [-0.3, -0.25) is 47.6 Å². The van der Waals surface area contributed by atoms with Crippen LogP contribution in [0.2, 0.25) is 0 Å². The highest BCUT2D eigenvalue weighted by Gasteiger charge is 2.61. The quantitative estimate of drug-likeness (QED) is 0.0447. The molecule has 0 aromatic carbocycles. The topological polar surface area (TPSA) is 764 Å². The van der Waals surface area contributed by atoms with Crippen molar-refractivity contribution < 1.29 is 79.1 Å². The molecule has 0 saturated carbocycles. The minimum Gasteiger partial charge on any atom is -0.391 e. The second kappa shape index (κ2) is 34.3. The number of aliphatic hydroxyl groups is 10. The van der Waals surface area contributed by atoms with Gasteiger partial charge in [0, 0.05) is 12.4 Å². The third-order valence-corrected chi connectivity index (χ3v) is 20.6. The van der Waals surface area contributed by atoms with E-state index in [0.717, 1.165) is 10.8 Å². The molecular formula is C72H91FN28O18S. The Morgan fingerprint density at radius 1 is 0.442 bits per heavy atom. The van der Waals surface area contributed by atoms with E-state index in [4.69, 9.17) is 93.2 Å². The van der Waals surface area contributed by atoms with Crippen LogP contribution in [0, 0.1) is 69.7 Å². The maximum Gasteiger partial charge on any atom is 0.280 e. The molecule has 25 atom stereocenters. The molecule has 5 saturated heterocycles. The Balaban J connectivity index is 0.000000147. The zero-order chi connectivity index (χ0) is 88.2. The van der Waals surface area contributed by atoms with Crippen LogP contribution in [-0.4, -0.2) is 258 Å². The van der Waals surface area contributed by atoms with Gasteiger partial charge in [0.2, 0.25) is 23.8 Å². The van der Waals surface area contributed by atoms with E-state index in [9.17, 15) is 69.8 Å². The van der Waals surface area contributed by atoms with E-state index >= 15 is 0 Å². The lowest BCUT2D eigenvalue weighted by Crippen LogP contribution is -2.54. The zero-order valence-corrected chi connectivity index (χ0v) is 66.5. The molecule has 0 radical (unpaired) electrons. The number of fused-ring (bicyclic) bond motifs is 5. The number of ether oxygens (including phenoxy) is 5. The molecule has 15 rings (SSSR count). The molecule has 10 aromatic rings. The van der Waals surface area contributed by atoms with Crippen LogP contribution >= 0.6 is 12.2 Å². The third kappa shape index (κ3) is 15.8. The first-order valence-electron chi connectivity index (χ1n) is 36.5. The lowest BCUT2D eigenvalue weighted by atomic mass is 9.90. The second-order valence-electron chi connectivity index (χ2n) is 28.8. The maximum absolute atomic E-state index is 14.3. The van der Waals surface area contributed by atoms with Crippen LogP contribution in [0.1, 0.15) is 100 Å². The SMILES string of the molecule is CC#CC1(N)[C@@H](O)[C@@H]([C@@H](C)O)O[C@H]1n1cc(F)c2c(=O)[nH]c(N)nc21.CC#CC1(N)[C@@H](O)[C@@H]([C@@H](C)O)O[C@H]1n1ccc2c(=O)[nH]c(N)nc21.CC#CC1(N)[C@@H](O)[C@@H]([C@@H](C)O)O[C@H]1n1cnc2c(=O)[nH]c(N)nc21.CC#CC1(N)[C@@H](O)[C@@H]([C@@H](C)O)O[C@H]1n1cnc2c(=S)nc(N)[nH]c21.CC#CC1(N)[C@@H](O)[C@@H]([C@@H](C)O)O[C@H]1n1cnc2cnc(N)nc21. The van der Waals surface area contributed by atoms with Crippen molar-refractivity contribution in [2.24, 2.45) is 28.7 Å². The molecule has 0 amide bonds. The predicted octanol–water partition coefficient (Wildman–Crippen LogP) is -6.27. The Morgan fingerprint density at radius 2 is 0.792 bits per heavy atom. The summed E-state index contributed by atoms with van der Waals surface area (Å²) in [7, 11) is 0. The van der Waals surface area contributed by atoms with Crippen molar-refractivity contribution in [3.05, 3.63) is 85.2 Å². The monoisotopic (exact) mass is 1690 g/mol. The molecule has 0 aliphatic carbocycles. The Kier molecular flexibility index (Phi) is 25.5. The van der Waals surface area contributed by atoms with E-state index < -0.39 is 173 Å². The summed E-state index contributed by atoms with van der Waals surface area (Å²) in [6, 6.07) is 1.55. The number of nitrogens with one attached hydrogen (secondary N) is 4. The van der Waals surface area contributed by atoms with E-state index in [1.54, 1.807) is 49.1 Å². The molecule has 34 N–H and O–H groups in total. The summed E-state index contributed by atoms with van der Waals surface area (Å²) in [6.07, 6.45) is -12.5. The average Bonchev–Trinajstić information content (AvgIpc) is 1.61. The van der Waals surface area contributed by atoms with Crippen molar-refractivity contribution in [3.63, 3.8) is 0 Å². The summed E-state index contributed by atoms with van der Waals surface area (Å²) in [5.41, 5.74) is 52.5. The number of nitrogen functional groups attached to an aromatic ring is 5. The highest BCUT2D eigenvalue weighted by molar-refractivity contribution is 7.71. The molecule has 5 unspecified atom stereocenters. The number of nitrogens with zero attached hydrogens (tertiary/aromatic N) is 14. The molecule has 10 aromatic heterocycles. The summed E-state index contributed by atoms with van der Waals surface area (Å²) in [4.78, 5) is 82.1. The van der Waals surface area contributed by atoms with Gasteiger partial charge in [-0.15, -0.1) is 29.6 Å². The van der Waals surface area contributed by atoms with E-state index in [0.29, 0.717) is 27.7 Å². The molecule has 120 heavy (non-hydrogen) atoms. The number of aliphatic hydroxyl groups excluding tert-OH is 10. The summed E-state index contributed by atoms with van der Waals surface area (Å²) in [5.74, 6) is 26.1. The summed E-state index contributed by atoms with van der Waals surface area (Å²) < 4.78 is 50.4. The molecule has 640 valence electrons. The number of halogens is 1. The first kappa shape index (κ1) is 89.2. The molecule has 5 fully saturated rings. The van der Waals surface area contributed by atoms with Crippen LogP contribution in [0.15, 0.2) is 58.0 Å². The lowest BCUT2D eigenvalue weighted by Gasteiger charge is -2.28. The van der Waals surface area contributed by atoms with Gasteiger partial charge < -0.3 is 142 Å². The molecule has 48 heteroatoms. The molecule has 46 nitrogen and oxygen atoms in total. The second-order valence-corrected chi connectivity index (χ2v) is 29.2. The number of hydrogen-bond donors (Lipinski definition) is 24. The van der Waals surface area contributed by atoms with E-state index in [-0.39, 0.29) is 62.2 Å². The number of hydrogen-bond acceptors (Lipinski definition) is 38. The molecule has 0 spiro atoms. The summed E-state index contributed by atoms with van der Waals surface area (Å²) in [6.45, 7) is 15.3. The van der Waals surface area contributed by atoms with Gasteiger partial charge in [0.25, 0.3) is 16.7 Å². The predicted molar refractivity (Wildman–Crippen MR) is 429 cm³/mol. The summed E-state index contributed by atoms with van der Waals surface area (Å²) >= 11 is 5.15. The summed E-state index contributed by atoms with van der Waals surface area (Å²) in [5, 5.41) is 102. The van der Waals surface area contributed by atoms with Gasteiger partial charge in [0.05, 0.1) is 61.1 Å². The fourth-order valence-electron chi connectivity index (χ4n) is 14.7. The lowest BCUT2D eigenvalue weighted by molar-refractivity contribution is -0.0757. The molecule has 0 bridgehead atoms. The molecule has 15 heterocycles. The van der Waals surface area contributed by atoms with E-state index in [1.807, 2.05) is 0 Å².